The fourth-order valence-electron chi connectivity index (χ4n) is 2.99. The van der Waals surface area contributed by atoms with Gasteiger partial charge in [0.05, 0.1) is 12.2 Å². The van der Waals surface area contributed by atoms with Crippen LogP contribution >= 0.6 is 0 Å². The molecule has 4 heteroatoms. The molecule has 2 N–H and O–H groups in total. The highest BCUT2D eigenvalue weighted by Crippen LogP contribution is 2.16. The van der Waals surface area contributed by atoms with E-state index in [1.54, 1.807) is 0 Å². The van der Waals surface area contributed by atoms with Crippen LogP contribution in [0, 0.1) is 5.92 Å². The average Bonchev–Trinajstić information content (AvgIpc) is 2.49. The van der Waals surface area contributed by atoms with Crippen LogP contribution in [0.3, 0.4) is 0 Å². The van der Waals surface area contributed by atoms with Crippen LogP contribution in [0.15, 0.2) is 24.3 Å². The van der Waals surface area contributed by atoms with Gasteiger partial charge in [0.15, 0.2) is 0 Å². The lowest BCUT2D eigenvalue weighted by Crippen LogP contribution is -2.41. The molecule has 23 heavy (non-hydrogen) atoms. The minimum Gasteiger partial charge on any atom is -0.491 e. The van der Waals surface area contributed by atoms with Crippen LogP contribution in [0.5, 0.6) is 5.75 Å². The second-order valence-electron chi connectivity index (χ2n) is 7.08. The molecule has 2 rings (SSSR count). The van der Waals surface area contributed by atoms with Crippen molar-refractivity contribution >= 4 is 0 Å². The van der Waals surface area contributed by atoms with Crippen molar-refractivity contribution in [1.82, 2.24) is 10.2 Å². The van der Waals surface area contributed by atoms with Crippen LogP contribution in [0.4, 0.5) is 0 Å². The molecule has 0 aliphatic carbocycles. The van der Waals surface area contributed by atoms with Gasteiger partial charge in [-0.05, 0) is 63.4 Å². The van der Waals surface area contributed by atoms with E-state index in [0.717, 1.165) is 37.8 Å². The lowest BCUT2D eigenvalue weighted by molar-refractivity contribution is 0.0907. The SMILES string of the molecule is CC1CCN(CC(O)CNCc2cccc(OC(C)C)c2)CC1. The molecule has 1 aliphatic heterocycles. The molecule has 1 saturated heterocycles. The molecule has 1 aliphatic rings. The van der Waals surface area contributed by atoms with E-state index in [1.165, 1.54) is 18.4 Å². The number of piperidine rings is 1. The lowest BCUT2D eigenvalue weighted by atomic mass is 9.99. The van der Waals surface area contributed by atoms with E-state index in [4.69, 9.17) is 4.74 Å². The number of hydrogen-bond donors (Lipinski definition) is 2. The Hall–Kier alpha value is -1.10. The molecular weight excluding hydrogens is 288 g/mol. The topological polar surface area (TPSA) is 44.7 Å². The Labute approximate surface area is 140 Å². The molecular formula is C19H32N2O2. The summed E-state index contributed by atoms with van der Waals surface area (Å²) >= 11 is 0. The van der Waals surface area contributed by atoms with Crippen LogP contribution in [-0.4, -0.2) is 48.4 Å². The summed E-state index contributed by atoms with van der Waals surface area (Å²) in [7, 11) is 0. The molecule has 1 heterocycles. The van der Waals surface area contributed by atoms with Gasteiger partial charge >= 0.3 is 0 Å². The third-order valence-electron chi connectivity index (χ3n) is 4.32. The second kappa shape index (κ2) is 9.26. The van der Waals surface area contributed by atoms with Crippen molar-refractivity contribution in [3.05, 3.63) is 29.8 Å². The van der Waals surface area contributed by atoms with E-state index in [1.807, 2.05) is 26.0 Å². The number of rotatable bonds is 8. The summed E-state index contributed by atoms with van der Waals surface area (Å²) in [4.78, 5) is 2.38. The fourth-order valence-corrected chi connectivity index (χ4v) is 2.99. The molecule has 1 fully saturated rings. The number of benzene rings is 1. The Balaban J connectivity index is 1.68. The van der Waals surface area contributed by atoms with Crippen molar-refractivity contribution in [2.75, 3.05) is 26.2 Å². The molecule has 0 bridgehead atoms. The normalized spacial score (nSPS) is 18.3. The van der Waals surface area contributed by atoms with Crippen molar-refractivity contribution in [2.45, 2.75) is 52.4 Å². The van der Waals surface area contributed by atoms with Crippen LogP contribution in [0.2, 0.25) is 0 Å². The molecule has 0 spiro atoms. The Morgan fingerprint density at radius 3 is 2.74 bits per heavy atom. The summed E-state index contributed by atoms with van der Waals surface area (Å²) in [6, 6.07) is 8.14. The zero-order valence-corrected chi connectivity index (χ0v) is 14.8. The number of aliphatic hydroxyl groups excluding tert-OH is 1. The molecule has 1 atom stereocenters. The first kappa shape index (κ1) is 18.2. The van der Waals surface area contributed by atoms with Gasteiger partial charge in [-0.3, -0.25) is 0 Å². The summed E-state index contributed by atoms with van der Waals surface area (Å²) in [5, 5.41) is 13.5. The van der Waals surface area contributed by atoms with Gasteiger partial charge in [0, 0.05) is 19.6 Å². The van der Waals surface area contributed by atoms with Gasteiger partial charge in [0.1, 0.15) is 5.75 Å². The summed E-state index contributed by atoms with van der Waals surface area (Å²) in [6.45, 7) is 10.8. The molecule has 0 radical (unpaired) electrons. The van der Waals surface area contributed by atoms with Crippen molar-refractivity contribution in [1.29, 1.82) is 0 Å². The predicted octanol–water partition coefficient (Wildman–Crippen LogP) is 2.66. The third kappa shape index (κ3) is 6.90. The Morgan fingerprint density at radius 2 is 2.04 bits per heavy atom. The minimum absolute atomic E-state index is 0.187. The molecule has 0 amide bonds. The Morgan fingerprint density at radius 1 is 1.30 bits per heavy atom. The van der Waals surface area contributed by atoms with E-state index in [9.17, 15) is 5.11 Å². The molecule has 0 aromatic heterocycles. The summed E-state index contributed by atoms with van der Waals surface area (Å²) in [5.74, 6) is 1.74. The molecule has 1 aromatic carbocycles. The minimum atomic E-state index is -0.307. The van der Waals surface area contributed by atoms with Gasteiger partial charge in [-0.25, -0.2) is 0 Å². The molecule has 1 aromatic rings. The quantitative estimate of drug-likeness (QED) is 0.773. The van der Waals surface area contributed by atoms with Gasteiger partial charge in [-0.15, -0.1) is 0 Å². The standard InChI is InChI=1S/C19H32N2O2/c1-15(2)23-19-6-4-5-17(11-19)12-20-13-18(22)14-21-9-7-16(3)8-10-21/h4-6,11,15-16,18,20,22H,7-10,12-14H2,1-3H3. The number of nitrogens with zero attached hydrogens (tertiary/aromatic N) is 1. The summed E-state index contributed by atoms with van der Waals surface area (Å²) in [5.41, 5.74) is 1.18. The van der Waals surface area contributed by atoms with Gasteiger partial charge in [-0.1, -0.05) is 19.1 Å². The second-order valence-corrected chi connectivity index (χ2v) is 7.08. The van der Waals surface area contributed by atoms with E-state index >= 15 is 0 Å². The molecule has 0 saturated carbocycles. The molecule has 130 valence electrons. The third-order valence-corrected chi connectivity index (χ3v) is 4.32. The Kier molecular flexibility index (Phi) is 7.34. The lowest BCUT2D eigenvalue weighted by Gasteiger charge is -2.31. The Bertz CT molecular complexity index is 456. The van der Waals surface area contributed by atoms with Crippen LogP contribution in [0.1, 0.15) is 39.2 Å². The maximum Gasteiger partial charge on any atom is 0.120 e. The van der Waals surface area contributed by atoms with Gasteiger partial charge in [0.25, 0.3) is 0 Å². The maximum atomic E-state index is 10.2. The highest BCUT2D eigenvalue weighted by Gasteiger charge is 2.17. The monoisotopic (exact) mass is 320 g/mol. The summed E-state index contributed by atoms with van der Waals surface area (Å²) in [6.07, 6.45) is 2.39. The summed E-state index contributed by atoms with van der Waals surface area (Å²) < 4.78 is 5.71. The van der Waals surface area contributed by atoms with E-state index in [0.29, 0.717) is 6.54 Å². The van der Waals surface area contributed by atoms with E-state index in [-0.39, 0.29) is 12.2 Å². The van der Waals surface area contributed by atoms with Crippen LogP contribution < -0.4 is 10.1 Å². The number of ether oxygens (including phenoxy) is 1. The van der Waals surface area contributed by atoms with Crippen molar-refractivity contribution < 1.29 is 9.84 Å². The zero-order valence-electron chi connectivity index (χ0n) is 14.8. The average molecular weight is 320 g/mol. The number of aliphatic hydroxyl groups is 1. The van der Waals surface area contributed by atoms with Crippen molar-refractivity contribution in [3.63, 3.8) is 0 Å². The smallest absolute Gasteiger partial charge is 0.120 e. The number of nitrogens with one attached hydrogen (secondary N) is 1. The van der Waals surface area contributed by atoms with E-state index in [2.05, 4.69) is 29.3 Å². The highest BCUT2D eigenvalue weighted by molar-refractivity contribution is 5.28. The van der Waals surface area contributed by atoms with Crippen LogP contribution in [0.25, 0.3) is 0 Å². The highest BCUT2D eigenvalue weighted by atomic mass is 16.5. The first-order chi connectivity index (χ1) is 11.0. The van der Waals surface area contributed by atoms with Crippen LogP contribution in [-0.2, 0) is 6.54 Å². The molecule has 4 nitrogen and oxygen atoms in total. The van der Waals surface area contributed by atoms with Gasteiger partial charge in [-0.2, -0.15) is 0 Å². The first-order valence-electron chi connectivity index (χ1n) is 8.89. The van der Waals surface area contributed by atoms with Crippen molar-refractivity contribution in [3.8, 4) is 5.75 Å². The van der Waals surface area contributed by atoms with Crippen molar-refractivity contribution in [2.24, 2.45) is 5.92 Å². The number of β-amino-alcohol motifs (C(OH)–C–C–N with tert-alkyl or cyclic N) is 1. The number of hydrogen-bond acceptors (Lipinski definition) is 4. The zero-order chi connectivity index (χ0) is 16.7. The largest absolute Gasteiger partial charge is 0.491 e. The molecule has 1 unspecified atom stereocenters. The first-order valence-corrected chi connectivity index (χ1v) is 8.89. The maximum absolute atomic E-state index is 10.2. The van der Waals surface area contributed by atoms with E-state index < -0.39 is 0 Å². The predicted molar refractivity (Wildman–Crippen MR) is 94.8 cm³/mol. The number of likely N-dealkylation sites (tertiary alicyclic amines) is 1. The fraction of sp³-hybridized carbons (Fsp3) is 0.684. The van der Waals surface area contributed by atoms with Gasteiger partial charge < -0.3 is 20.1 Å². The van der Waals surface area contributed by atoms with Gasteiger partial charge in [0.2, 0.25) is 0 Å².